The fourth-order valence-corrected chi connectivity index (χ4v) is 0.118. The average molecular weight is 401 g/mol. The van der Waals surface area contributed by atoms with Crippen molar-refractivity contribution in [1.82, 2.24) is 0 Å². The van der Waals surface area contributed by atoms with E-state index in [1.165, 1.54) is 0 Å². The summed E-state index contributed by atoms with van der Waals surface area (Å²) in [6.45, 7) is 1.44. The maximum Gasteiger partial charge on any atom is 2.00 e. The second kappa shape index (κ2) is 18.2. The van der Waals surface area contributed by atoms with Gasteiger partial charge in [0.05, 0.1) is 0 Å². The first-order valence-electron chi connectivity index (χ1n) is 2.48. The molecule has 13 heavy (non-hydrogen) atoms. The molecule has 0 bridgehead atoms. The Labute approximate surface area is 91.1 Å². The van der Waals surface area contributed by atoms with Crippen LogP contribution in [0.15, 0.2) is 0 Å². The van der Waals surface area contributed by atoms with Gasteiger partial charge in [0.15, 0.2) is 0 Å². The normalized spacial score (nSPS) is 7.69. The predicted molar refractivity (Wildman–Crippen MR) is 40.4 cm³/mol. The minimum atomic E-state index is -5.17. The average Bonchev–Trinajstić information content (AvgIpc) is 1.63. The Balaban J connectivity index is -0.0000000267. The topological polar surface area (TPSA) is 195 Å². The van der Waals surface area contributed by atoms with Gasteiger partial charge in [-0.15, -0.1) is 0 Å². The van der Waals surface area contributed by atoms with E-state index in [0.29, 0.717) is 0 Å². The van der Waals surface area contributed by atoms with Crippen LogP contribution >= 0.6 is 0 Å². The third-order valence-electron chi connectivity index (χ3n) is 0.408. The monoisotopic (exact) mass is 401 g/mol. The van der Waals surface area contributed by atoms with E-state index in [2.05, 4.69) is 0 Å². The summed E-state index contributed by atoms with van der Waals surface area (Å²) in [6.07, 6.45) is 0.944. The van der Waals surface area contributed by atoms with Gasteiger partial charge < -0.3 is 31.5 Å². The van der Waals surface area contributed by atoms with Crippen molar-refractivity contribution in [3.8, 4) is 0 Å². The molecule has 0 aliphatic rings. The molecule has 0 fully saturated rings. The van der Waals surface area contributed by atoms with Crippen molar-refractivity contribution in [3.05, 3.63) is 0 Å². The Morgan fingerprint density at radius 3 is 1.15 bits per heavy atom. The molecular weight excluding hydrogens is 387 g/mol. The van der Waals surface area contributed by atoms with Crippen molar-refractivity contribution in [2.45, 2.75) is 6.42 Å². The molecule has 8 N–H and O–H groups in total. The van der Waals surface area contributed by atoms with Crippen LogP contribution in [-0.2, 0) is 31.5 Å². The van der Waals surface area contributed by atoms with E-state index in [0.717, 1.165) is 19.5 Å². The van der Waals surface area contributed by atoms with Crippen LogP contribution in [-0.4, -0.2) is 41.6 Å². The van der Waals surface area contributed by atoms with E-state index in [1.54, 1.807) is 0 Å². The van der Waals surface area contributed by atoms with Crippen LogP contribution in [0.3, 0.4) is 0 Å². The van der Waals surface area contributed by atoms with E-state index < -0.39 is 10.4 Å². The van der Waals surface area contributed by atoms with Gasteiger partial charge in [-0.25, -0.2) is 0 Å². The fraction of sp³-hybridized carbons (Fsp3) is 1.00. The molecule has 0 rings (SSSR count). The van der Waals surface area contributed by atoms with Gasteiger partial charge in [-0.3, -0.25) is 8.42 Å². The van der Waals surface area contributed by atoms with E-state index in [-0.39, 0.29) is 32.0 Å². The Hall–Kier alpha value is 0.398. The molecule has 0 radical (unpaired) electrons. The summed E-state index contributed by atoms with van der Waals surface area (Å²) in [5.74, 6) is 0. The number of hydrogen-bond acceptors (Lipinski definition) is 6. The fourth-order valence-electron chi connectivity index (χ4n) is 0.118. The van der Waals surface area contributed by atoms with Crippen molar-refractivity contribution >= 4 is 10.4 Å². The maximum atomic E-state index is 8.52. The minimum absolute atomic E-state index is 0. The van der Waals surface area contributed by atoms with Crippen LogP contribution in [0.25, 0.3) is 0 Å². The van der Waals surface area contributed by atoms with Gasteiger partial charge in [-0.05, 0) is 19.5 Å². The van der Waals surface area contributed by atoms with Gasteiger partial charge in [0.1, 0.15) is 0 Å². The molecular formula is C3H14N2O6PtS. The molecule has 0 unspecified atom stereocenters. The molecule has 0 atom stereocenters. The molecule has 0 aromatic rings. The third-order valence-corrected chi connectivity index (χ3v) is 0.408. The van der Waals surface area contributed by atoms with Crippen molar-refractivity contribution in [2.24, 2.45) is 11.5 Å². The van der Waals surface area contributed by atoms with E-state index in [1.807, 2.05) is 0 Å². The van der Waals surface area contributed by atoms with Crippen LogP contribution < -0.4 is 11.5 Å². The summed E-state index contributed by atoms with van der Waals surface area (Å²) in [7, 11) is -5.17. The molecule has 0 saturated heterocycles. The van der Waals surface area contributed by atoms with E-state index in [4.69, 9.17) is 29.0 Å². The van der Waals surface area contributed by atoms with Gasteiger partial charge in [0.2, 0.25) is 0 Å². The number of nitrogens with two attached hydrogens (primary N) is 2. The summed E-state index contributed by atoms with van der Waals surface area (Å²) < 4.78 is 34.1. The molecule has 8 nitrogen and oxygen atoms in total. The van der Waals surface area contributed by atoms with Gasteiger partial charge in [0, 0.05) is 10.4 Å². The molecule has 0 aromatic carbocycles. The number of hydrogen-bond donors (Lipinski definition) is 2. The molecule has 0 saturated carbocycles. The first-order chi connectivity index (χ1) is 4.41. The SMILES string of the molecule is NCCCN.O.O.O=S(=O)([O-])[O-].[Pt+2]. The van der Waals surface area contributed by atoms with Gasteiger partial charge >= 0.3 is 21.1 Å². The zero-order valence-corrected chi connectivity index (χ0v) is 9.72. The summed E-state index contributed by atoms with van der Waals surface area (Å²) in [5.41, 5.74) is 10.1. The van der Waals surface area contributed by atoms with Crippen LogP contribution in [0.1, 0.15) is 6.42 Å². The summed E-state index contributed by atoms with van der Waals surface area (Å²) >= 11 is 0. The van der Waals surface area contributed by atoms with E-state index in [9.17, 15) is 0 Å². The summed E-state index contributed by atoms with van der Waals surface area (Å²) in [4.78, 5) is 0. The van der Waals surface area contributed by atoms with Crippen LogP contribution in [0.5, 0.6) is 0 Å². The smallest absolute Gasteiger partial charge is 0.759 e. The molecule has 0 amide bonds. The zero-order chi connectivity index (χ0) is 8.62. The van der Waals surface area contributed by atoms with Crippen LogP contribution in [0.4, 0.5) is 0 Å². The zero-order valence-electron chi connectivity index (χ0n) is 6.63. The van der Waals surface area contributed by atoms with Crippen molar-refractivity contribution in [3.63, 3.8) is 0 Å². The molecule has 0 aliphatic heterocycles. The molecule has 0 spiro atoms. The van der Waals surface area contributed by atoms with Crippen molar-refractivity contribution in [2.75, 3.05) is 13.1 Å². The Morgan fingerprint density at radius 2 is 1.15 bits per heavy atom. The van der Waals surface area contributed by atoms with E-state index >= 15 is 0 Å². The van der Waals surface area contributed by atoms with Crippen molar-refractivity contribution < 1.29 is 49.5 Å². The predicted octanol–water partition coefficient (Wildman–Crippen LogP) is -3.70. The molecule has 0 aromatic heterocycles. The van der Waals surface area contributed by atoms with Crippen molar-refractivity contribution in [1.29, 1.82) is 0 Å². The molecule has 0 heterocycles. The largest absolute Gasteiger partial charge is 2.00 e. The Bertz CT molecular complexity index is 140. The minimum Gasteiger partial charge on any atom is -0.759 e. The molecule has 0 aliphatic carbocycles. The summed E-state index contributed by atoms with van der Waals surface area (Å²) in [5, 5.41) is 0. The standard InChI is InChI=1S/C3H10N2.H2O4S.2H2O.Pt/c4-2-1-3-5;1-5(2,3)4;;;/h1-5H2;(H2,1,2,3,4);2*1H2;/q;;;;+2/p-2. The van der Waals surface area contributed by atoms with Crippen LogP contribution in [0.2, 0.25) is 0 Å². The quantitative estimate of drug-likeness (QED) is 0.353. The first-order valence-corrected chi connectivity index (χ1v) is 3.82. The Kier molecular flexibility index (Phi) is 41.0. The first kappa shape index (κ1) is 29.2. The second-order valence-corrected chi connectivity index (χ2v) is 2.16. The van der Waals surface area contributed by atoms with Gasteiger partial charge in [0.25, 0.3) is 0 Å². The van der Waals surface area contributed by atoms with Gasteiger partial charge in [-0.2, -0.15) is 0 Å². The third kappa shape index (κ3) is 233. The van der Waals surface area contributed by atoms with Gasteiger partial charge in [-0.1, -0.05) is 0 Å². The molecule has 88 valence electrons. The maximum absolute atomic E-state index is 8.52. The second-order valence-electron chi connectivity index (χ2n) is 1.34. The number of rotatable bonds is 2. The molecule has 10 heteroatoms. The Morgan fingerprint density at radius 1 is 1.00 bits per heavy atom. The van der Waals surface area contributed by atoms with Crippen LogP contribution in [0, 0.1) is 0 Å². The summed E-state index contributed by atoms with van der Waals surface area (Å²) in [6, 6.07) is 0.